The number of rotatable bonds is 5. The molecule has 2 rings (SSSR count). The van der Waals surface area contributed by atoms with E-state index in [2.05, 4.69) is 15.7 Å². The van der Waals surface area contributed by atoms with Crippen LogP contribution in [0.4, 0.5) is 5.69 Å². The zero-order valence-corrected chi connectivity index (χ0v) is 12.8. The van der Waals surface area contributed by atoms with E-state index < -0.39 is 0 Å². The number of hydrogen-bond donors (Lipinski definition) is 2. The molecular weight excluding hydrogens is 292 g/mol. The van der Waals surface area contributed by atoms with Crippen molar-refractivity contribution in [3.63, 3.8) is 0 Å². The molecular formula is C14H17ClN4S. The van der Waals surface area contributed by atoms with Gasteiger partial charge in [0.1, 0.15) is 0 Å². The predicted octanol–water partition coefficient (Wildman–Crippen LogP) is 3.22. The molecule has 4 nitrogen and oxygen atoms in total. The van der Waals surface area contributed by atoms with Crippen LogP contribution in [0.2, 0.25) is 5.02 Å². The maximum absolute atomic E-state index is 5.91. The van der Waals surface area contributed by atoms with E-state index in [-0.39, 0.29) is 0 Å². The molecule has 0 saturated carbocycles. The summed E-state index contributed by atoms with van der Waals surface area (Å²) in [7, 11) is 0. The Balaban J connectivity index is 1.69. The third kappa shape index (κ3) is 4.51. The van der Waals surface area contributed by atoms with Crippen LogP contribution >= 0.6 is 23.8 Å². The molecule has 0 radical (unpaired) electrons. The molecule has 106 valence electrons. The van der Waals surface area contributed by atoms with Crippen molar-refractivity contribution in [2.45, 2.75) is 19.9 Å². The van der Waals surface area contributed by atoms with E-state index in [1.165, 1.54) is 5.69 Å². The van der Waals surface area contributed by atoms with Crippen molar-refractivity contribution in [2.24, 2.45) is 0 Å². The van der Waals surface area contributed by atoms with Crippen molar-refractivity contribution in [3.8, 4) is 0 Å². The molecule has 2 N–H and O–H groups in total. The van der Waals surface area contributed by atoms with E-state index in [1.807, 2.05) is 48.1 Å². The molecule has 0 saturated heterocycles. The third-order valence-electron chi connectivity index (χ3n) is 2.84. The van der Waals surface area contributed by atoms with Crippen molar-refractivity contribution in [3.05, 3.63) is 47.2 Å². The van der Waals surface area contributed by atoms with Gasteiger partial charge in [-0.15, -0.1) is 0 Å². The van der Waals surface area contributed by atoms with Crippen LogP contribution in [-0.4, -0.2) is 21.4 Å². The summed E-state index contributed by atoms with van der Waals surface area (Å²) in [5.74, 6) is 0. The Labute approximate surface area is 129 Å². The van der Waals surface area contributed by atoms with Crippen LogP contribution in [0.1, 0.15) is 12.1 Å². The van der Waals surface area contributed by atoms with Gasteiger partial charge in [-0.05, 0) is 49.8 Å². The highest BCUT2D eigenvalue weighted by Crippen LogP contribution is 2.14. The minimum absolute atomic E-state index is 0.601. The second-order valence-corrected chi connectivity index (χ2v) is 5.29. The molecule has 0 amide bonds. The van der Waals surface area contributed by atoms with Gasteiger partial charge in [0.25, 0.3) is 0 Å². The predicted molar refractivity (Wildman–Crippen MR) is 87.3 cm³/mol. The van der Waals surface area contributed by atoms with Crippen LogP contribution < -0.4 is 10.6 Å². The third-order valence-corrected chi connectivity index (χ3v) is 3.33. The SMILES string of the molecule is Cc1ccnn1CCCNC(=S)Nc1cccc(Cl)c1. The standard InChI is InChI=1S/C14H17ClN4S/c1-11-6-8-17-19(11)9-3-7-16-14(20)18-13-5-2-4-12(15)10-13/h2,4-6,8,10H,3,7,9H2,1H3,(H2,16,18,20). The highest BCUT2D eigenvalue weighted by molar-refractivity contribution is 7.80. The number of halogens is 1. The van der Waals surface area contributed by atoms with Gasteiger partial charge in [0.2, 0.25) is 0 Å². The van der Waals surface area contributed by atoms with Gasteiger partial charge in [0.05, 0.1) is 0 Å². The normalized spacial score (nSPS) is 10.3. The van der Waals surface area contributed by atoms with E-state index in [1.54, 1.807) is 0 Å². The van der Waals surface area contributed by atoms with Gasteiger partial charge >= 0.3 is 0 Å². The first-order valence-corrected chi connectivity index (χ1v) is 7.22. The number of aromatic nitrogens is 2. The van der Waals surface area contributed by atoms with Gasteiger partial charge in [-0.3, -0.25) is 4.68 Å². The molecule has 20 heavy (non-hydrogen) atoms. The number of benzene rings is 1. The summed E-state index contributed by atoms with van der Waals surface area (Å²) in [6, 6.07) is 9.47. The minimum Gasteiger partial charge on any atom is -0.362 e. The fourth-order valence-corrected chi connectivity index (χ4v) is 2.22. The van der Waals surface area contributed by atoms with Gasteiger partial charge in [-0.25, -0.2) is 0 Å². The average molecular weight is 309 g/mol. The van der Waals surface area contributed by atoms with Gasteiger partial charge < -0.3 is 10.6 Å². The number of nitrogens with zero attached hydrogens (tertiary/aromatic N) is 2. The number of anilines is 1. The van der Waals surface area contributed by atoms with Crippen LogP contribution in [-0.2, 0) is 6.54 Å². The van der Waals surface area contributed by atoms with E-state index in [4.69, 9.17) is 23.8 Å². The summed E-state index contributed by atoms with van der Waals surface area (Å²) in [5, 5.41) is 11.8. The Kier molecular flexibility index (Phi) is 5.38. The Bertz CT molecular complexity index is 582. The Morgan fingerprint density at radius 1 is 1.40 bits per heavy atom. The molecule has 0 atom stereocenters. The summed E-state index contributed by atoms with van der Waals surface area (Å²) < 4.78 is 1.98. The number of aryl methyl sites for hydroxylation is 2. The molecule has 6 heteroatoms. The first-order chi connectivity index (χ1) is 9.65. The van der Waals surface area contributed by atoms with Crippen LogP contribution in [0.3, 0.4) is 0 Å². The topological polar surface area (TPSA) is 41.9 Å². The van der Waals surface area contributed by atoms with Crippen molar-refractivity contribution in [1.29, 1.82) is 0 Å². The van der Waals surface area contributed by atoms with Crippen molar-refractivity contribution in [2.75, 3.05) is 11.9 Å². The summed E-state index contributed by atoms with van der Waals surface area (Å²) in [6.07, 6.45) is 2.77. The van der Waals surface area contributed by atoms with E-state index in [9.17, 15) is 0 Å². The van der Waals surface area contributed by atoms with Crippen molar-refractivity contribution >= 4 is 34.6 Å². The fraction of sp³-hybridized carbons (Fsp3) is 0.286. The molecule has 1 aromatic heterocycles. The lowest BCUT2D eigenvalue weighted by atomic mass is 10.3. The lowest BCUT2D eigenvalue weighted by Gasteiger charge is -2.11. The summed E-state index contributed by atoms with van der Waals surface area (Å²) in [5.41, 5.74) is 2.06. The molecule has 0 fully saturated rings. The monoisotopic (exact) mass is 308 g/mol. The van der Waals surface area contributed by atoms with Gasteiger partial charge in [-0.1, -0.05) is 17.7 Å². The van der Waals surface area contributed by atoms with Gasteiger partial charge in [0.15, 0.2) is 5.11 Å². The van der Waals surface area contributed by atoms with Crippen molar-refractivity contribution < 1.29 is 0 Å². The second-order valence-electron chi connectivity index (χ2n) is 4.44. The summed E-state index contributed by atoms with van der Waals surface area (Å²) >= 11 is 11.1. The highest BCUT2D eigenvalue weighted by Gasteiger charge is 1.99. The first-order valence-electron chi connectivity index (χ1n) is 6.44. The number of hydrogen-bond acceptors (Lipinski definition) is 2. The second kappa shape index (κ2) is 7.26. The van der Waals surface area contributed by atoms with E-state index >= 15 is 0 Å². The fourth-order valence-electron chi connectivity index (χ4n) is 1.81. The summed E-state index contributed by atoms with van der Waals surface area (Å²) in [6.45, 7) is 3.73. The first kappa shape index (κ1) is 14.8. The number of thiocarbonyl (C=S) groups is 1. The molecule has 1 heterocycles. The number of nitrogens with one attached hydrogen (secondary N) is 2. The van der Waals surface area contributed by atoms with Crippen molar-refractivity contribution in [1.82, 2.24) is 15.1 Å². The quantitative estimate of drug-likeness (QED) is 0.657. The maximum atomic E-state index is 5.91. The Morgan fingerprint density at radius 3 is 2.95 bits per heavy atom. The molecule has 0 aliphatic heterocycles. The average Bonchev–Trinajstić information content (AvgIpc) is 2.80. The molecule has 1 aromatic carbocycles. The minimum atomic E-state index is 0.601. The highest BCUT2D eigenvalue weighted by atomic mass is 35.5. The van der Waals surface area contributed by atoms with Crippen LogP contribution in [0, 0.1) is 6.92 Å². The molecule has 0 bridgehead atoms. The van der Waals surface area contributed by atoms with Crippen LogP contribution in [0.5, 0.6) is 0 Å². The van der Waals surface area contributed by atoms with Crippen LogP contribution in [0.25, 0.3) is 0 Å². The molecule has 0 spiro atoms. The zero-order chi connectivity index (χ0) is 14.4. The lowest BCUT2D eigenvalue weighted by molar-refractivity contribution is 0.561. The summed E-state index contributed by atoms with van der Waals surface area (Å²) in [4.78, 5) is 0. The zero-order valence-electron chi connectivity index (χ0n) is 11.3. The maximum Gasteiger partial charge on any atom is 0.170 e. The van der Waals surface area contributed by atoms with Crippen LogP contribution in [0.15, 0.2) is 36.5 Å². The molecule has 0 aliphatic rings. The van der Waals surface area contributed by atoms with E-state index in [0.29, 0.717) is 10.1 Å². The smallest absolute Gasteiger partial charge is 0.170 e. The largest absolute Gasteiger partial charge is 0.362 e. The Morgan fingerprint density at radius 2 is 2.25 bits per heavy atom. The molecule has 0 unspecified atom stereocenters. The molecule has 2 aromatic rings. The molecule has 0 aliphatic carbocycles. The Hall–Kier alpha value is -1.59. The van der Waals surface area contributed by atoms with Gasteiger partial charge in [-0.2, -0.15) is 5.10 Å². The lowest BCUT2D eigenvalue weighted by Crippen LogP contribution is -2.29. The van der Waals surface area contributed by atoms with E-state index in [0.717, 1.165) is 25.2 Å². The van der Waals surface area contributed by atoms with Gasteiger partial charge in [0, 0.05) is 35.7 Å².